The highest BCUT2D eigenvalue weighted by Crippen LogP contribution is 2.54. The molecule has 1 fully saturated rings. The maximum atomic E-state index is 13.0. The van der Waals surface area contributed by atoms with Gasteiger partial charge in [-0.2, -0.15) is 0 Å². The standard InChI is InChI=1S/C23H17NO9/c1-31-22(30)23-14(27)6-5-12(25)17(23)19(28)16-13(26)7-9-8-24-18-10(15(9)20(16)32-23)3-2-4-11(18)21(29)33-24/h2-4,7,14,26-28H,5-6,8H2,1H3/t14-,23+/m0/s1. The van der Waals surface area contributed by atoms with Gasteiger partial charge in [-0.3, -0.25) is 4.79 Å². The fourth-order valence-corrected chi connectivity index (χ4v) is 5.20. The van der Waals surface area contributed by atoms with E-state index in [-0.39, 0.29) is 30.7 Å². The Labute approximate surface area is 184 Å². The Hall–Kier alpha value is -4.05. The maximum Gasteiger partial charge on any atom is 0.365 e. The molecule has 0 saturated heterocycles. The van der Waals surface area contributed by atoms with E-state index < -0.39 is 46.2 Å². The van der Waals surface area contributed by atoms with Gasteiger partial charge in [-0.25, -0.2) is 14.3 Å². The summed E-state index contributed by atoms with van der Waals surface area (Å²) in [6.07, 6.45) is -1.69. The first kappa shape index (κ1) is 19.6. The van der Waals surface area contributed by atoms with Gasteiger partial charge in [0.1, 0.15) is 28.9 Å². The van der Waals surface area contributed by atoms with Crippen molar-refractivity contribution in [2.75, 3.05) is 7.11 Å². The van der Waals surface area contributed by atoms with Crippen LogP contribution in [-0.2, 0) is 20.9 Å². The number of carbonyl (C=O) groups excluding carboxylic acids is 2. The first-order chi connectivity index (χ1) is 15.8. The van der Waals surface area contributed by atoms with Crippen molar-refractivity contribution in [1.29, 1.82) is 0 Å². The van der Waals surface area contributed by atoms with Crippen LogP contribution in [0.25, 0.3) is 27.8 Å². The third-order valence-electron chi connectivity index (χ3n) is 6.61. The molecule has 2 atom stereocenters. The van der Waals surface area contributed by atoms with Crippen LogP contribution in [0.15, 0.2) is 39.2 Å². The van der Waals surface area contributed by atoms with Gasteiger partial charge in [-0.05, 0) is 24.1 Å². The van der Waals surface area contributed by atoms with Crippen LogP contribution in [0.5, 0.6) is 11.5 Å². The Balaban J connectivity index is 1.74. The Kier molecular flexibility index (Phi) is 3.72. The molecule has 0 spiro atoms. The summed E-state index contributed by atoms with van der Waals surface area (Å²) in [5, 5.41) is 33.1. The molecule has 2 aromatic carbocycles. The molecule has 6 rings (SSSR count). The molecule has 10 heteroatoms. The third kappa shape index (κ3) is 2.23. The summed E-state index contributed by atoms with van der Waals surface area (Å²) in [6.45, 7) is 0.0688. The van der Waals surface area contributed by atoms with Gasteiger partial charge in [0.25, 0.3) is 5.60 Å². The third-order valence-corrected chi connectivity index (χ3v) is 6.61. The lowest BCUT2D eigenvalue weighted by Crippen LogP contribution is -2.61. The van der Waals surface area contributed by atoms with Crippen molar-refractivity contribution < 1.29 is 38.9 Å². The molecule has 2 aliphatic heterocycles. The number of esters is 1. The van der Waals surface area contributed by atoms with Crippen LogP contribution in [-0.4, -0.2) is 50.6 Å². The lowest BCUT2D eigenvalue weighted by molar-refractivity contribution is -0.169. The van der Waals surface area contributed by atoms with Crippen molar-refractivity contribution in [1.82, 2.24) is 4.74 Å². The van der Waals surface area contributed by atoms with Crippen LogP contribution in [0.3, 0.4) is 0 Å². The van der Waals surface area contributed by atoms with E-state index in [1.54, 1.807) is 18.2 Å². The summed E-state index contributed by atoms with van der Waals surface area (Å²) in [7, 11) is 1.08. The number of rotatable bonds is 1. The Bertz CT molecular complexity index is 1510. The molecule has 3 aromatic rings. The van der Waals surface area contributed by atoms with Gasteiger partial charge >= 0.3 is 11.6 Å². The maximum absolute atomic E-state index is 13.0. The molecule has 0 bridgehead atoms. The number of aliphatic hydroxyl groups excluding tert-OH is 2. The van der Waals surface area contributed by atoms with Crippen LogP contribution in [0.2, 0.25) is 0 Å². The number of hydrogen-bond acceptors (Lipinski definition) is 9. The minimum atomic E-state index is -2.30. The molecule has 3 N–H and O–H groups in total. The molecule has 1 saturated carbocycles. The van der Waals surface area contributed by atoms with E-state index in [4.69, 9.17) is 14.0 Å². The lowest BCUT2D eigenvalue weighted by atomic mass is 9.73. The quantitative estimate of drug-likeness (QED) is 0.367. The van der Waals surface area contributed by atoms with Gasteiger partial charge in [0.05, 0.1) is 30.1 Å². The number of para-hydroxylation sites is 1. The molecule has 10 nitrogen and oxygen atoms in total. The van der Waals surface area contributed by atoms with Gasteiger partial charge in [-0.15, -0.1) is 0 Å². The fraction of sp³-hybridized carbons (Fsp3) is 0.261. The van der Waals surface area contributed by atoms with Crippen molar-refractivity contribution in [2.24, 2.45) is 0 Å². The normalized spacial score (nSPS) is 23.0. The summed E-state index contributed by atoms with van der Waals surface area (Å²) in [5.41, 5.74) is -1.61. The average Bonchev–Trinajstić information content (AvgIpc) is 3.11. The van der Waals surface area contributed by atoms with Gasteiger partial charge in [0.15, 0.2) is 5.78 Å². The number of hydrogen-bond donors (Lipinski definition) is 3. The number of methoxy groups -OCH3 is 1. The van der Waals surface area contributed by atoms with Crippen LogP contribution >= 0.6 is 0 Å². The van der Waals surface area contributed by atoms with Crippen molar-refractivity contribution in [2.45, 2.75) is 31.1 Å². The summed E-state index contributed by atoms with van der Waals surface area (Å²) in [5.74, 6) is -2.81. The predicted octanol–water partition coefficient (Wildman–Crippen LogP) is 1.63. The molecular weight excluding hydrogens is 434 g/mol. The van der Waals surface area contributed by atoms with Gasteiger partial charge < -0.3 is 29.3 Å². The molecular formula is C23H17NO9. The lowest BCUT2D eigenvalue weighted by Gasteiger charge is -2.43. The number of ether oxygens (including phenoxy) is 2. The largest absolute Gasteiger partial charge is 0.507 e. The highest BCUT2D eigenvalue weighted by Gasteiger charge is 2.61. The zero-order valence-electron chi connectivity index (χ0n) is 17.2. The molecule has 168 valence electrons. The first-order valence-electron chi connectivity index (χ1n) is 10.2. The summed E-state index contributed by atoms with van der Waals surface area (Å²) in [6, 6.07) is 6.34. The molecule has 0 radical (unpaired) electrons. The van der Waals surface area contributed by atoms with E-state index in [9.17, 15) is 29.7 Å². The second-order valence-electron chi connectivity index (χ2n) is 8.28. The number of carbonyl (C=O) groups is 2. The smallest absolute Gasteiger partial charge is 0.365 e. The molecule has 3 heterocycles. The predicted molar refractivity (Wildman–Crippen MR) is 112 cm³/mol. The second kappa shape index (κ2) is 6.26. The number of phenolic OH excluding ortho intramolecular Hbond substituents is 1. The van der Waals surface area contributed by atoms with Crippen LogP contribution in [0.1, 0.15) is 24.0 Å². The number of nitrogens with zero attached hydrogens (tertiary/aromatic N) is 1. The highest BCUT2D eigenvalue weighted by molar-refractivity contribution is 6.13. The van der Waals surface area contributed by atoms with Crippen LogP contribution in [0, 0.1) is 0 Å². The van der Waals surface area contributed by atoms with E-state index in [1.165, 1.54) is 10.8 Å². The molecule has 1 aromatic heterocycles. The van der Waals surface area contributed by atoms with E-state index in [0.29, 0.717) is 27.6 Å². The number of ketones is 1. The van der Waals surface area contributed by atoms with E-state index in [2.05, 4.69) is 0 Å². The minimum Gasteiger partial charge on any atom is -0.507 e. The van der Waals surface area contributed by atoms with Crippen molar-refractivity contribution >= 4 is 28.4 Å². The number of fused-ring (bicyclic) bond motifs is 5. The number of aromatic hydroxyl groups is 1. The van der Waals surface area contributed by atoms with E-state index >= 15 is 0 Å². The summed E-state index contributed by atoms with van der Waals surface area (Å²) in [4.78, 5) is 38.0. The molecule has 1 aliphatic carbocycles. The van der Waals surface area contributed by atoms with E-state index in [1.807, 2.05) is 0 Å². The highest BCUT2D eigenvalue weighted by atomic mass is 16.6. The van der Waals surface area contributed by atoms with Crippen LogP contribution in [0.4, 0.5) is 0 Å². The van der Waals surface area contributed by atoms with Crippen LogP contribution < -0.4 is 10.4 Å². The molecule has 0 unspecified atom stereocenters. The number of aliphatic hydroxyl groups is 2. The first-order valence-corrected chi connectivity index (χ1v) is 10.2. The summed E-state index contributed by atoms with van der Waals surface area (Å²) >= 11 is 0. The second-order valence-corrected chi connectivity index (χ2v) is 8.28. The number of aromatic nitrogens is 1. The number of Topliss-reactive ketones (excluding diaryl/α,β-unsaturated/α-hetero) is 1. The molecule has 33 heavy (non-hydrogen) atoms. The Morgan fingerprint density at radius 2 is 2.03 bits per heavy atom. The van der Waals surface area contributed by atoms with Crippen molar-refractivity contribution in [3.8, 4) is 22.6 Å². The topological polar surface area (TPSA) is 148 Å². The zero-order chi connectivity index (χ0) is 23.2. The van der Waals surface area contributed by atoms with Crippen molar-refractivity contribution in [3.63, 3.8) is 0 Å². The fourth-order valence-electron chi connectivity index (χ4n) is 5.20. The Morgan fingerprint density at radius 3 is 2.79 bits per heavy atom. The summed E-state index contributed by atoms with van der Waals surface area (Å²) < 4.78 is 17.7. The monoisotopic (exact) mass is 451 g/mol. The Morgan fingerprint density at radius 1 is 1.24 bits per heavy atom. The SMILES string of the molecule is COC(=O)[C@]12Oc3c(c(O)cc4c3-c3cccc5c(=O)on(c35)C4)C(O)=C1C(=O)CC[C@@H]2O. The van der Waals surface area contributed by atoms with Gasteiger partial charge in [0, 0.05) is 17.5 Å². The van der Waals surface area contributed by atoms with Gasteiger partial charge in [0.2, 0.25) is 0 Å². The molecule has 0 amide bonds. The number of benzene rings is 2. The zero-order valence-corrected chi connectivity index (χ0v) is 17.2. The molecule has 3 aliphatic rings. The number of phenols is 1. The van der Waals surface area contributed by atoms with Gasteiger partial charge in [-0.1, -0.05) is 12.1 Å². The van der Waals surface area contributed by atoms with E-state index in [0.717, 1.165) is 7.11 Å². The minimum absolute atomic E-state index is 0.0688. The average molecular weight is 451 g/mol. The van der Waals surface area contributed by atoms with Crippen molar-refractivity contribution in [3.05, 3.63) is 51.4 Å².